The summed E-state index contributed by atoms with van der Waals surface area (Å²) in [6.45, 7) is 0. The molecule has 18 heavy (non-hydrogen) atoms. The highest BCUT2D eigenvalue weighted by molar-refractivity contribution is 7.30. The summed E-state index contributed by atoms with van der Waals surface area (Å²) >= 11 is 3.03. The van der Waals surface area contributed by atoms with Gasteiger partial charge < -0.3 is 21.4 Å². The van der Waals surface area contributed by atoms with Crippen molar-refractivity contribution in [1.29, 1.82) is 0 Å². The van der Waals surface area contributed by atoms with Gasteiger partial charge in [0.15, 0.2) is 0 Å². The molecule has 6 N–H and O–H groups in total. The van der Waals surface area contributed by atoms with Crippen LogP contribution in [0.4, 0.5) is 10.0 Å². The van der Waals surface area contributed by atoms with Gasteiger partial charge in [-0.3, -0.25) is 0 Å². The Morgan fingerprint density at radius 3 is 1.78 bits per heavy atom. The van der Waals surface area contributed by atoms with Crippen molar-refractivity contribution in [1.82, 2.24) is 9.97 Å². The van der Waals surface area contributed by atoms with Gasteiger partial charge in [0, 0.05) is 10.8 Å². The summed E-state index contributed by atoms with van der Waals surface area (Å²) in [5, 5.41) is 3.40. The minimum atomic E-state index is -0.214. The van der Waals surface area contributed by atoms with Crippen molar-refractivity contribution in [2.75, 3.05) is 11.5 Å². The smallest absolute Gasteiger partial charge is 0.323 e. The minimum Gasteiger partial charge on any atom is -0.391 e. The molecule has 4 aromatic rings. The van der Waals surface area contributed by atoms with E-state index in [1.54, 1.807) is 0 Å². The fraction of sp³-hybridized carbons (Fsp3) is 0. The van der Waals surface area contributed by atoms with Gasteiger partial charge in [-0.25, -0.2) is 4.79 Å². The van der Waals surface area contributed by atoms with Gasteiger partial charge in [0.25, 0.3) is 0 Å². The van der Waals surface area contributed by atoms with E-state index in [9.17, 15) is 4.79 Å². The molecule has 0 saturated heterocycles. The van der Waals surface area contributed by atoms with Gasteiger partial charge in [-0.1, -0.05) is 0 Å². The zero-order chi connectivity index (χ0) is 12.4. The number of aromatic nitrogens is 2. The summed E-state index contributed by atoms with van der Waals surface area (Å²) in [4.78, 5) is 17.2. The number of rotatable bonds is 0. The van der Waals surface area contributed by atoms with Gasteiger partial charge in [-0.05, 0) is 12.1 Å². The number of fused-ring (bicyclic) bond motifs is 6. The van der Waals surface area contributed by atoms with E-state index in [4.69, 9.17) is 11.5 Å². The van der Waals surface area contributed by atoms with Gasteiger partial charge in [0.05, 0.1) is 30.4 Å². The SMILES string of the molecule is Nc1cc2c3[nH]c(=O)[nH]c3c3cc(N)sc3c2s1. The molecule has 0 spiro atoms. The Labute approximate surface area is 108 Å². The molecule has 4 rings (SSSR count). The summed E-state index contributed by atoms with van der Waals surface area (Å²) < 4.78 is 2.15. The Kier molecular flexibility index (Phi) is 1.70. The number of H-pyrrole nitrogens is 2. The van der Waals surface area contributed by atoms with Crippen molar-refractivity contribution in [3.8, 4) is 0 Å². The van der Waals surface area contributed by atoms with Gasteiger partial charge in [-0.2, -0.15) is 0 Å². The number of thiophene rings is 2. The first kappa shape index (κ1) is 9.98. The Morgan fingerprint density at radius 1 is 0.889 bits per heavy atom. The lowest BCUT2D eigenvalue weighted by atomic mass is 10.1. The topological polar surface area (TPSA) is 101 Å². The standard InChI is InChI=1S/C11H8N4OS2/c12-5-1-3-7-8(15-11(16)14-7)4-2-6(13)18-10(4)9(3)17-5/h1-2H,12-13H2,(H2,14,15,16). The minimum absolute atomic E-state index is 0.214. The maximum atomic E-state index is 11.5. The van der Waals surface area contributed by atoms with Crippen LogP contribution in [0.1, 0.15) is 0 Å². The summed E-state index contributed by atoms with van der Waals surface area (Å²) in [5.74, 6) is 0. The van der Waals surface area contributed by atoms with Gasteiger partial charge in [0.2, 0.25) is 0 Å². The molecule has 0 aliphatic heterocycles. The number of benzene rings is 1. The predicted octanol–water partition coefficient (Wildman–Crippen LogP) is 2.45. The summed E-state index contributed by atoms with van der Waals surface area (Å²) in [7, 11) is 0. The first-order chi connectivity index (χ1) is 8.63. The second kappa shape index (κ2) is 3.06. The highest BCUT2D eigenvalue weighted by atomic mass is 32.1. The number of anilines is 2. The second-order valence-electron chi connectivity index (χ2n) is 4.11. The lowest BCUT2D eigenvalue weighted by molar-refractivity contribution is 1.22. The molecule has 90 valence electrons. The predicted molar refractivity (Wildman–Crippen MR) is 78.5 cm³/mol. The number of hydrogen-bond acceptors (Lipinski definition) is 5. The Hall–Kier alpha value is -1.99. The first-order valence-electron chi connectivity index (χ1n) is 5.25. The van der Waals surface area contributed by atoms with E-state index in [2.05, 4.69) is 9.97 Å². The Balaban J connectivity index is 2.47. The Bertz CT molecular complexity index is 895. The van der Waals surface area contributed by atoms with E-state index < -0.39 is 0 Å². The fourth-order valence-electron chi connectivity index (χ4n) is 2.32. The lowest BCUT2D eigenvalue weighted by Crippen LogP contribution is -1.99. The monoisotopic (exact) mass is 276 g/mol. The third-order valence-corrected chi connectivity index (χ3v) is 5.07. The molecule has 5 nitrogen and oxygen atoms in total. The third-order valence-electron chi connectivity index (χ3n) is 2.97. The van der Waals surface area contributed by atoms with E-state index in [1.807, 2.05) is 12.1 Å². The molecule has 1 aromatic carbocycles. The molecule has 0 aliphatic carbocycles. The Morgan fingerprint density at radius 2 is 1.33 bits per heavy atom. The second-order valence-corrected chi connectivity index (χ2v) is 6.28. The highest BCUT2D eigenvalue weighted by Gasteiger charge is 2.15. The van der Waals surface area contributed by atoms with Gasteiger partial charge >= 0.3 is 5.69 Å². The van der Waals surface area contributed by atoms with Crippen LogP contribution in [-0.4, -0.2) is 9.97 Å². The molecular formula is C11H8N4OS2. The van der Waals surface area contributed by atoms with Crippen molar-refractivity contribution < 1.29 is 0 Å². The normalized spacial score (nSPS) is 12.0. The van der Waals surface area contributed by atoms with Crippen LogP contribution in [0.2, 0.25) is 0 Å². The fourth-order valence-corrected chi connectivity index (χ4v) is 4.34. The van der Waals surface area contributed by atoms with Crippen LogP contribution in [0, 0.1) is 0 Å². The zero-order valence-electron chi connectivity index (χ0n) is 9.03. The van der Waals surface area contributed by atoms with Crippen LogP contribution in [-0.2, 0) is 0 Å². The van der Waals surface area contributed by atoms with E-state index in [-0.39, 0.29) is 5.69 Å². The lowest BCUT2D eigenvalue weighted by Gasteiger charge is -1.95. The van der Waals surface area contributed by atoms with Crippen molar-refractivity contribution in [3.63, 3.8) is 0 Å². The molecule has 0 unspecified atom stereocenters. The number of aromatic amines is 2. The number of nitrogen functional groups attached to an aromatic ring is 2. The molecule has 0 amide bonds. The molecule has 0 atom stereocenters. The van der Waals surface area contributed by atoms with Crippen molar-refractivity contribution >= 4 is 63.9 Å². The quantitative estimate of drug-likeness (QED) is 0.397. The average Bonchev–Trinajstić information content (AvgIpc) is 2.93. The van der Waals surface area contributed by atoms with Crippen LogP contribution >= 0.6 is 22.7 Å². The number of nitrogens with two attached hydrogens (primary N) is 2. The molecule has 0 radical (unpaired) electrons. The van der Waals surface area contributed by atoms with Gasteiger partial charge in [0.1, 0.15) is 0 Å². The zero-order valence-corrected chi connectivity index (χ0v) is 10.7. The van der Waals surface area contributed by atoms with Crippen molar-refractivity contribution in [2.45, 2.75) is 0 Å². The van der Waals surface area contributed by atoms with Crippen molar-refractivity contribution in [3.05, 3.63) is 22.6 Å². The maximum absolute atomic E-state index is 11.5. The molecule has 0 aliphatic rings. The highest BCUT2D eigenvalue weighted by Crippen LogP contribution is 2.43. The maximum Gasteiger partial charge on any atom is 0.323 e. The summed E-state index contributed by atoms with van der Waals surface area (Å²) in [5.41, 5.74) is 13.1. The van der Waals surface area contributed by atoms with Crippen LogP contribution in [0.25, 0.3) is 31.2 Å². The summed E-state index contributed by atoms with van der Waals surface area (Å²) in [6.07, 6.45) is 0. The summed E-state index contributed by atoms with van der Waals surface area (Å²) in [6, 6.07) is 3.78. The molecule has 0 fully saturated rings. The number of nitrogens with one attached hydrogen (secondary N) is 2. The van der Waals surface area contributed by atoms with Crippen LogP contribution in [0.3, 0.4) is 0 Å². The number of hydrogen-bond donors (Lipinski definition) is 4. The number of imidazole rings is 1. The van der Waals surface area contributed by atoms with Crippen molar-refractivity contribution in [2.24, 2.45) is 0 Å². The molecule has 3 heterocycles. The van der Waals surface area contributed by atoms with E-state index in [0.717, 1.165) is 41.2 Å². The third kappa shape index (κ3) is 1.12. The molecular weight excluding hydrogens is 268 g/mol. The van der Waals surface area contributed by atoms with Gasteiger partial charge in [-0.15, -0.1) is 22.7 Å². The van der Waals surface area contributed by atoms with E-state index >= 15 is 0 Å². The molecule has 7 heteroatoms. The van der Waals surface area contributed by atoms with Crippen LogP contribution in [0.5, 0.6) is 0 Å². The average molecular weight is 276 g/mol. The van der Waals surface area contributed by atoms with Crippen LogP contribution in [0.15, 0.2) is 16.9 Å². The van der Waals surface area contributed by atoms with E-state index in [0.29, 0.717) is 0 Å². The molecule has 3 aromatic heterocycles. The largest absolute Gasteiger partial charge is 0.391 e. The van der Waals surface area contributed by atoms with E-state index in [1.165, 1.54) is 22.7 Å². The molecule has 0 bridgehead atoms. The molecule has 0 saturated carbocycles. The first-order valence-corrected chi connectivity index (χ1v) is 6.89. The van der Waals surface area contributed by atoms with Crippen LogP contribution < -0.4 is 17.2 Å².